The van der Waals surface area contributed by atoms with E-state index < -0.39 is 12.0 Å². The van der Waals surface area contributed by atoms with Gasteiger partial charge < -0.3 is 20.5 Å². The molecule has 0 aliphatic carbocycles. The molecule has 9 nitrogen and oxygen atoms in total. The average molecular weight is 581 g/mol. The molecule has 1 aliphatic heterocycles. The van der Waals surface area contributed by atoms with Gasteiger partial charge >= 0.3 is 5.97 Å². The van der Waals surface area contributed by atoms with Crippen LogP contribution in [0.4, 0.5) is 11.6 Å². The predicted molar refractivity (Wildman–Crippen MR) is 169 cm³/mol. The number of hydrogen-bond donors (Lipinski definition) is 3. The molecule has 0 radical (unpaired) electrons. The SMILES string of the molecule is O=C(O)[C@H](CCN(CCCCc1ccc2c(n1)NCCC2)CCOc1ccccc1)Nc1cc(-c2ccccc2)ncn1. The van der Waals surface area contributed by atoms with Crippen LogP contribution in [-0.2, 0) is 17.6 Å². The Kier molecular flexibility index (Phi) is 10.9. The van der Waals surface area contributed by atoms with Gasteiger partial charge in [0.2, 0.25) is 0 Å². The highest BCUT2D eigenvalue weighted by Gasteiger charge is 2.20. The summed E-state index contributed by atoms with van der Waals surface area (Å²) in [6, 6.07) is 24.9. The maximum atomic E-state index is 12.2. The zero-order chi connectivity index (χ0) is 29.7. The molecule has 1 atom stereocenters. The first-order valence-corrected chi connectivity index (χ1v) is 15.1. The van der Waals surface area contributed by atoms with Crippen LogP contribution in [0.15, 0.2) is 85.2 Å². The van der Waals surface area contributed by atoms with E-state index >= 15 is 0 Å². The van der Waals surface area contributed by atoms with Crippen LogP contribution in [-0.4, -0.2) is 69.8 Å². The molecule has 224 valence electrons. The van der Waals surface area contributed by atoms with Gasteiger partial charge in [-0.3, -0.25) is 4.90 Å². The summed E-state index contributed by atoms with van der Waals surface area (Å²) in [5, 5.41) is 16.6. The molecular formula is C34H40N6O3. The number of para-hydroxylation sites is 1. The molecule has 0 unspecified atom stereocenters. The summed E-state index contributed by atoms with van der Waals surface area (Å²) < 4.78 is 5.96. The minimum Gasteiger partial charge on any atom is -0.492 e. The summed E-state index contributed by atoms with van der Waals surface area (Å²) in [5.74, 6) is 1.45. The number of carbonyl (C=O) groups is 1. The van der Waals surface area contributed by atoms with Gasteiger partial charge in [0, 0.05) is 37.0 Å². The average Bonchev–Trinajstić information content (AvgIpc) is 3.05. The van der Waals surface area contributed by atoms with Crippen molar-refractivity contribution in [2.24, 2.45) is 0 Å². The zero-order valence-corrected chi connectivity index (χ0v) is 24.5. The van der Waals surface area contributed by atoms with Crippen LogP contribution in [0.3, 0.4) is 0 Å². The van der Waals surface area contributed by atoms with Crippen LogP contribution in [0.1, 0.15) is 36.9 Å². The fourth-order valence-corrected chi connectivity index (χ4v) is 5.24. The third-order valence-electron chi connectivity index (χ3n) is 7.62. The van der Waals surface area contributed by atoms with Gasteiger partial charge in [-0.1, -0.05) is 54.6 Å². The molecule has 0 bridgehead atoms. The summed E-state index contributed by atoms with van der Waals surface area (Å²) in [4.78, 5) is 28.0. The molecule has 43 heavy (non-hydrogen) atoms. The number of anilines is 2. The Labute approximate surface area is 253 Å². The Balaban J connectivity index is 1.16. The lowest BCUT2D eigenvalue weighted by molar-refractivity contribution is -0.138. The number of aryl methyl sites for hydroxylation is 2. The van der Waals surface area contributed by atoms with E-state index in [0.717, 1.165) is 73.7 Å². The molecule has 1 aliphatic rings. The maximum Gasteiger partial charge on any atom is 0.326 e. The Morgan fingerprint density at radius 2 is 1.79 bits per heavy atom. The molecular weight excluding hydrogens is 540 g/mol. The number of rotatable bonds is 16. The fourth-order valence-electron chi connectivity index (χ4n) is 5.24. The lowest BCUT2D eigenvalue weighted by Gasteiger charge is -2.25. The largest absolute Gasteiger partial charge is 0.492 e. The number of aliphatic carboxylic acids is 1. The van der Waals surface area contributed by atoms with Crippen molar-refractivity contribution in [3.63, 3.8) is 0 Å². The van der Waals surface area contributed by atoms with Gasteiger partial charge in [-0.2, -0.15) is 0 Å². The van der Waals surface area contributed by atoms with Crippen molar-refractivity contribution >= 4 is 17.6 Å². The van der Waals surface area contributed by atoms with Crippen molar-refractivity contribution in [1.29, 1.82) is 0 Å². The summed E-state index contributed by atoms with van der Waals surface area (Å²) in [5.41, 5.74) is 4.11. The summed E-state index contributed by atoms with van der Waals surface area (Å²) in [6.07, 6.45) is 7.03. The number of pyridine rings is 1. The highest BCUT2D eigenvalue weighted by Crippen LogP contribution is 2.21. The standard InChI is InChI=1S/C34H40N6O3/c41-34(42)30(39-32-24-31(36-25-37-32)26-10-3-1-4-11-26)18-21-40(22-23-43-29-14-5-2-6-15-29)20-8-7-13-28-17-16-27-12-9-19-35-33(27)38-28/h1-6,10-11,14-17,24-25,30H,7-9,12-13,18-23H2,(H,35,38)(H,41,42)(H,36,37,39)/t30-/m0/s1. The van der Waals surface area contributed by atoms with Gasteiger partial charge in [0.05, 0.1) is 5.69 Å². The number of nitrogens with one attached hydrogen (secondary N) is 2. The van der Waals surface area contributed by atoms with Crippen molar-refractivity contribution in [2.75, 3.05) is 43.4 Å². The first-order valence-electron chi connectivity index (χ1n) is 15.1. The fraction of sp³-hybridized carbons (Fsp3) is 0.353. The lowest BCUT2D eigenvalue weighted by atomic mass is 10.1. The second-order valence-electron chi connectivity index (χ2n) is 10.8. The molecule has 0 amide bonds. The van der Waals surface area contributed by atoms with Crippen molar-refractivity contribution in [3.05, 3.63) is 96.4 Å². The number of hydrogen-bond acceptors (Lipinski definition) is 8. The van der Waals surface area contributed by atoms with Crippen LogP contribution < -0.4 is 15.4 Å². The molecule has 3 heterocycles. The second-order valence-corrected chi connectivity index (χ2v) is 10.8. The smallest absolute Gasteiger partial charge is 0.326 e. The number of nitrogens with zero attached hydrogens (tertiary/aromatic N) is 4. The minimum absolute atomic E-state index is 0.420. The number of unbranched alkanes of at least 4 members (excludes halogenated alkanes) is 1. The molecule has 2 aromatic heterocycles. The zero-order valence-electron chi connectivity index (χ0n) is 24.5. The molecule has 3 N–H and O–H groups in total. The second kappa shape index (κ2) is 15.7. The maximum absolute atomic E-state index is 12.2. The molecule has 2 aromatic carbocycles. The monoisotopic (exact) mass is 580 g/mol. The van der Waals surface area contributed by atoms with Crippen molar-refractivity contribution in [3.8, 4) is 17.0 Å². The van der Waals surface area contributed by atoms with Crippen LogP contribution >= 0.6 is 0 Å². The number of carboxylic acid groups (broad SMARTS) is 1. The molecule has 0 saturated carbocycles. The van der Waals surface area contributed by atoms with Gasteiger partial charge in [-0.25, -0.2) is 19.7 Å². The van der Waals surface area contributed by atoms with E-state index in [-0.39, 0.29) is 0 Å². The topological polar surface area (TPSA) is 112 Å². The quantitative estimate of drug-likeness (QED) is 0.147. The number of ether oxygens (including phenoxy) is 1. The van der Waals surface area contributed by atoms with Crippen LogP contribution in [0.5, 0.6) is 5.75 Å². The highest BCUT2D eigenvalue weighted by molar-refractivity contribution is 5.77. The van der Waals surface area contributed by atoms with Crippen LogP contribution in [0.2, 0.25) is 0 Å². The summed E-state index contributed by atoms with van der Waals surface area (Å²) >= 11 is 0. The Bertz CT molecular complexity index is 1440. The number of carboxylic acids is 1. The van der Waals surface area contributed by atoms with Gasteiger partial charge in [-0.05, 0) is 68.8 Å². The van der Waals surface area contributed by atoms with E-state index in [9.17, 15) is 9.90 Å². The van der Waals surface area contributed by atoms with E-state index in [1.54, 1.807) is 6.07 Å². The molecule has 4 aromatic rings. The molecule has 0 fully saturated rings. The first kappa shape index (κ1) is 30.0. The number of aromatic nitrogens is 3. The van der Waals surface area contributed by atoms with E-state index in [2.05, 4.69) is 37.6 Å². The Hall–Kier alpha value is -4.50. The molecule has 5 rings (SSSR count). The minimum atomic E-state index is -0.910. The molecule has 9 heteroatoms. The lowest BCUT2D eigenvalue weighted by Crippen LogP contribution is -2.37. The highest BCUT2D eigenvalue weighted by atomic mass is 16.5. The Morgan fingerprint density at radius 3 is 2.60 bits per heavy atom. The van der Waals surface area contributed by atoms with E-state index in [1.165, 1.54) is 11.9 Å². The van der Waals surface area contributed by atoms with E-state index in [4.69, 9.17) is 9.72 Å². The van der Waals surface area contributed by atoms with Crippen molar-refractivity contribution < 1.29 is 14.6 Å². The normalized spacial score (nSPS) is 13.1. The van der Waals surface area contributed by atoms with Gasteiger partial charge in [0.1, 0.15) is 36.4 Å². The van der Waals surface area contributed by atoms with Gasteiger partial charge in [-0.15, -0.1) is 0 Å². The molecule has 0 spiro atoms. The summed E-state index contributed by atoms with van der Waals surface area (Å²) in [6.45, 7) is 3.67. The van der Waals surface area contributed by atoms with Crippen LogP contribution in [0, 0.1) is 0 Å². The van der Waals surface area contributed by atoms with Gasteiger partial charge in [0.25, 0.3) is 0 Å². The van der Waals surface area contributed by atoms with Crippen molar-refractivity contribution in [1.82, 2.24) is 19.9 Å². The number of benzene rings is 2. The predicted octanol–water partition coefficient (Wildman–Crippen LogP) is 5.56. The Morgan fingerprint density at radius 1 is 0.977 bits per heavy atom. The molecule has 0 saturated heterocycles. The number of fused-ring (bicyclic) bond motifs is 1. The van der Waals surface area contributed by atoms with E-state index in [1.807, 2.05) is 60.7 Å². The third-order valence-corrected chi connectivity index (χ3v) is 7.62. The van der Waals surface area contributed by atoms with E-state index in [0.29, 0.717) is 31.9 Å². The summed E-state index contributed by atoms with van der Waals surface area (Å²) in [7, 11) is 0. The van der Waals surface area contributed by atoms with Crippen LogP contribution in [0.25, 0.3) is 11.3 Å². The van der Waals surface area contributed by atoms with Gasteiger partial charge in [0.15, 0.2) is 0 Å². The third kappa shape index (κ3) is 9.24. The first-order chi connectivity index (χ1) is 21.1. The van der Waals surface area contributed by atoms with Crippen molar-refractivity contribution in [2.45, 2.75) is 44.6 Å².